The molecule has 1 amide bonds. The third-order valence-corrected chi connectivity index (χ3v) is 4.05. The van der Waals surface area contributed by atoms with Crippen LogP contribution in [0.4, 0.5) is 0 Å². The number of nitrogens with zero attached hydrogens (tertiary/aromatic N) is 2. The van der Waals surface area contributed by atoms with Gasteiger partial charge in [-0.1, -0.05) is 25.5 Å². The van der Waals surface area contributed by atoms with Gasteiger partial charge in [0.2, 0.25) is 0 Å². The maximum Gasteiger partial charge on any atom is 0.251 e. The molecular weight excluding hydrogens is 326 g/mol. The number of aromatic nitrogens is 2. The van der Waals surface area contributed by atoms with Crippen LogP contribution in [0, 0.1) is 0 Å². The topological polar surface area (TPSA) is 56.1 Å². The molecule has 0 saturated heterocycles. The minimum absolute atomic E-state index is 0.0977. The fourth-order valence-corrected chi connectivity index (χ4v) is 2.56. The van der Waals surface area contributed by atoms with E-state index >= 15 is 0 Å². The average molecular weight is 349 g/mol. The van der Waals surface area contributed by atoms with E-state index < -0.39 is 0 Å². The van der Waals surface area contributed by atoms with E-state index in [4.69, 9.17) is 4.74 Å². The van der Waals surface area contributed by atoms with Gasteiger partial charge < -0.3 is 14.6 Å². The van der Waals surface area contributed by atoms with Gasteiger partial charge in [0, 0.05) is 30.2 Å². The molecule has 3 aromatic rings. The van der Waals surface area contributed by atoms with Crippen molar-refractivity contribution in [3.05, 3.63) is 78.4 Å². The Morgan fingerprint density at radius 1 is 1.19 bits per heavy atom. The number of benzene rings is 2. The molecule has 5 nitrogen and oxygen atoms in total. The Hall–Kier alpha value is -3.08. The molecule has 0 bridgehead atoms. The molecule has 0 aliphatic rings. The van der Waals surface area contributed by atoms with E-state index in [9.17, 15) is 4.79 Å². The van der Waals surface area contributed by atoms with Crippen LogP contribution >= 0.6 is 0 Å². The Balaban J connectivity index is 1.56. The number of amides is 1. The van der Waals surface area contributed by atoms with Crippen LogP contribution in [0.25, 0.3) is 5.69 Å². The molecule has 0 fully saturated rings. The van der Waals surface area contributed by atoms with Gasteiger partial charge in [-0.2, -0.15) is 0 Å². The first-order valence-electron chi connectivity index (χ1n) is 8.84. The van der Waals surface area contributed by atoms with Crippen molar-refractivity contribution in [2.24, 2.45) is 0 Å². The Kier molecular flexibility index (Phi) is 6.04. The third-order valence-electron chi connectivity index (χ3n) is 4.05. The van der Waals surface area contributed by atoms with Crippen LogP contribution in [-0.4, -0.2) is 22.1 Å². The monoisotopic (exact) mass is 349 g/mol. The molecule has 0 saturated carbocycles. The van der Waals surface area contributed by atoms with Crippen LogP contribution < -0.4 is 10.1 Å². The molecule has 0 spiro atoms. The summed E-state index contributed by atoms with van der Waals surface area (Å²) in [5.74, 6) is 0.745. The van der Waals surface area contributed by atoms with E-state index in [1.165, 1.54) is 0 Å². The summed E-state index contributed by atoms with van der Waals surface area (Å²) in [5.41, 5.74) is 2.61. The number of hydrogen-bond donors (Lipinski definition) is 1. The standard InChI is InChI=1S/C21H23N3O2/c1-2-3-13-26-20-6-4-5-17(14-20)15-23-21(25)18-7-9-19(10-8-18)24-12-11-22-16-24/h4-12,14,16H,2-3,13,15H2,1H3,(H,23,25). The van der Waals surface area contributed by atoms with Gasteiger partial charge in [-0.25, -0.2) is 4.98 Å². The third kappa shape index (κ3) is 4.72. The summed E-state index contributed by atoms with van der Waals surface area (Å²) < 4.78 is 7.60. The second-order valence-electron chi connectivity index (χ2n) is 6.05. The zero-order valence-electron chi connectivity index (χ0n) is 14.9. The van der Waals surface area contributed by atoms with E-state index in [1.807, 2.05) is 59.3 Å². The van der Waals surface area contributed by atoms with Gasteiger partial charge in [-0.15, -0.1) is 0 Å². The van der Waals surface area contributed by atoms with E-state index in [0.29, 0.717) is 12.1 Å². The molecule has 0 aliphatic heterocycles. The first-order valence-corrected chi connectivity index (χ1v) is 8.84. The molecule has 26 heavy (non-hydrogen) atoms. The van der Waals surface area contributed by atoms with Gasteiger partial charge in [0.15, 0.2) is 0 Å². The number of carbonyl (C=O) groups is 1. The molecule has 3 rings (SSSR count). The van der Waals surface area contributed by atoms with Gasteiger partial charge in [-0.3, -0.25) is 4.79 Å². The second-order valence-corrected chi connectivity index (χ2v) is 6.05. The summed E-state index contributed by atoms with van der Waals surface area (Å²) in [4.78, 5) is 16.4. The lowest BCUT2D eigenvalue weighted by Gasteiger charge is -2.09. The molecule has 1 N–H and O–H groups in total. The Bertz CT molecular complexity index is 827. The highest BCUT2D eigenvalue weighted by molar-refractivity contribution is 5.94. The average Bonchev–Trinajstić information content (AvgIpc) is 3.22. The Morgan fingerprint density at radius 3 is 2.77 bits per heavy atom. The number of hydrogen-bond acceptors (Lipinski definition) is 3. The molecule has 0 radical (unpaired) electrons. The zero-order valence-corrected chi connectivity index (χ0v) is 14.9. The second kappa shape index (κ2) is 8.85. The van der Waals surface area contributed by atoms with Crippen LogP contribution in [0.3, 0.4) is 0 Å². The molecule has 0 aliphatic carbocycles. The summed E-state index contributed by atoms with van der Waals surface area (Å²) in [6.45, 7) is 3.32. The summed E-state index contributed by atoms with van der Waals surface area (Å²) >= 11 is 0. The number of rotatable bonds is 8. The number of carbonyl (C=O) groups excluding carboxylic acids is 1. The van der Waals surface area contributed by atoms with Crippen molar-refractivity contribution in [2.75, 3.05) is 6.61 Å². The Morgan fingerprint density at radius 2 is 2.04 bits per heavy atom. The van der Waals surface area contributed by atoms with E-state index in [2.05, 4.69) is 17.2 Å². The Labute approximate surface area is 153 Å². The number of nitrogens with one attached hydrogen (secondary N) is 1. The molecule has 134 valence electrons. The zero-order chi connectivity index (χ0) is 18.2. The van der Waals surface area contributed by atoms with Crippen molar-refractivity contribution in [3.63, 3.8) is 0 Å². The summed E-state index contributed by atoms with van der Waals surface area (Å²) in [5, 5.41) is 2.95. The summed E-state index contributed by atoms with van der Waals surface area (Å²) in [6, 6.07) is 15.3. The van der Waals surface area contributed by atoms with Crippen LogP contribution in [0.2, 0.25) is 0 Å². The van der Waals surface area contributed by atoms with Gasteiger partial charge in [-0.05, 0) is 48.4 Å². The number of imidazole rings is 1. The summed E-state index contributed by atoms with van der Waals surface area (Å²) in [7, 11) is 0. The highest BCUT2D eigenvalue weighted by Crippen LogP contribution is 2.14. The lowest BCUT2D eigenvalue weighted by molar-refractivity contribution is 0.0951. The van der Waals surface area contributed by atoms with Crippen LogP contribution in [0.15, 0.2) is 67.3 Å². The fraction of sp³-hybridized carbons (Fsp3) is 0.238. The lowest BCUT2D eigenvalue weighted by Crippen LogP contribution is -2.22. The lowest BCUT2D eigenvalue weighted by atomic mass is 10.1. The van der Waals surface area contributed by atoms with Gasteiger partial charge in [0.05, 0.1) is 12.9 Å². The normalized spacial score (nSPS) is 10.5. The highest BCUT2D eigenvalue weighted by Gasteiger charge is 2.06. The molecule has 0 atom stereocenters. The minimum Gasteiger partial charge on any atom is -0.494 e. The quantitative estimate of drug-likeness (QED) is 0.626. The summed E-state index contributed by atoms with van der Waals surface area (Å²) in [6.07, 6.45) is 7.46. The van der Waals surface area contributed by atoms with E-state index in [-0.39, 0.29) is 5.91 Å². The minimum atomic E-state index is -0.0977. The molecule has 2 aromatic carbocycles. The number of unbranched alkanes of at least 4 members (excludes halogenated alkanes) is 1. The maximum atomic E-state index is 12.4. The van der Waals surface area contributed by atoms with Crippen LogP contribution in [-0.2, 0) is 6.54 Å². The number of ether oxygens (including phenoxy) is 1. The van der Waals surface area contributed by atoms with Crippen molar-refractivity contribution in [1.29, 1.82) is 0 Å². The molecule has 5 heteroatoms. The molecular formula is C21H23N3O2. The highest BCUT2D eigenvalue weighted by atomic mass is 16.5. The first kappa shape index (κ1) is 17.7. The molecule has 0 unspecified atom stereocenters. The van der Waals surface area contributed by atoms with Gasteiger partial charge in [0.25, 0.3) is 5.91 Å². The van der Waals surface area contributed by atoms with Crippen molar-refractivity contribution in [2.45, 2.75) is 26.3 Å². The van der Waals surface area contributed by atoms with Crippen molar-refractivity contribution < 1.29 is 9.53 Å². The van der Waals surface area contributed by atoms with Crippen molar-refractivity contribution in [3.8, 4) is 11.4 Å². The SMILES string of the molecule is CCCCOc1cccc(CNC(=O)c2ccc(-n3ccnc3)cc2)c1. The predicted molar refractivity (Wildman–Crippen MR) is 102 cm³/mol. The van der Waals surface area contributed by atoms with Crippen molar-refractivity contribution in [1.82, 2.24) is 14.9 Å². The van der Waals surface area contributed by atoms with E-state index in [0.717, 1.165) is 36.4 Å². The van der Waals surface area contributed by atoms with Crippen LogP contribution in [0.1, 0.15) is 35.7 Å². The molecule has 1 aromatic heterocycles. The van der Waals surface area contributed by atoms with Gasteiger partial charge >= 0.3 is 0 Å². The van der Waals surface area contributed by atoms with E-state index in [1.54, 1.807) is 12.5 Å². The smallest absolute Gasteiger partial charge is 0.251 e. The first-order chi connectivity index (χ1) is 12.8. The fourth-order valence-electron chi connectivity index (χ4n) is 2.56. The van der Waals surface area contributed by atoms with Crippen molar-refractivity contribution >= 4 is 5.91 Å². The predicted octanol–water partition coefficient (Wildman–Crippen LogP) is 3.98. The maximum absolute atomic E-state index is 12.4. The largest absolute Gasteiger partial charge is 0.494 e. The molecule has 1 heterocycles. The van der Waals surface area contributed by atoms with Crippen LogP contribution in [0.5, 0.6) is 5.75 Å². The van der Waals surface area contributed by atoms with Gasteiger partial charge in [0.1, 0.15) is 5.75 Å².